The lowest BCUT2D eigenvalue weighted by molar-refractivity contribution is -0.123. The molecule has 1 heterocycles. The Morgan fingerprint density at radius 1 is 1.62 bits per heavy atom. The quantitative estimate of drug-likeness (QED) is 0.854. The number of aryl methyl sites for hydroxylation is 1. The minimum atomic E-state index is -0.510. The van der Waals surface area contributed by atoms with E-state index in [9.17, 15) is 4.79 Å². The number of nitrogens with one attached hydrogen (secondary N) is 1. The van der Waals surface area contributed by atoms with Crippen LogP contribution >= 0.6 is 11.3 Å². The zero-order chi connectivity index (χ0) is 12.0. The van der Waals surface area contributed by atoms with Gasteiger partial charge in [-0.1, -0.05) is 13.3 Å². The van der Waals surface area contributed by atoms with Crippen LogP contribution in [0.3, 0.4) is 0 Å². The molecule has 1 aromatic rings. The summed E-state index contributed by atoms with van der Waals surface area (Å²) in [6.07, 6.45) is 1.48. The van der Waals surface area contributed by atoms with Crippen LogP contribution in [-0.2, 0) is 11.3 Å². The first-order chi connectivity index (χ1) is 7.69. The van der Waals surface area contributed by atoms with E-state index in [-0.39, 0.29) is 5.91 Å². The van der Waals surface area contributed by atoms with Crippen LogP contribution in [0.1, 0.15) is 30.9 Å². The van der Waals surface area contributed by atoms with Crippen LogP contribution in [0.4, 0.5) is 0 Å². The fraction of sp³-hybridized carbons (Fsp3) is 0.500. The Morgan fingerprint density at radius 2 is 2.38 bits per heavy atom. The molecule has 1 rings (SSSR count). The van der Waals surface area contributed by atoms with Gasteiger partial charge in [0.2, 0.25) is 5.91 Å². The summed E-state index contributed by atoms with van der Waals surface area (Å²) in [5.41, 5.74) is 2.32. The number of hydrogen-bond acceptors (Lipinski definition) is 3. The van der Waals surface area contributed by atoms with Crippen molar-refractivity contribution in [3.63, 3.8) is 0 Å². The number of nitrogens with zero attached hydrogens (tertiary/aromatic N) is 1. The summed E-state index contributed by atoms with van der Waals surface area (Å²) in [5, 5.41) is 15.7. The van der Waals surface area contributed by atoms with Gasteiger partial charge in [-0.05, 0) is 35.2 Å². The molecule has 0 aliphatic rings. The predicted octanol–water partition coefficient (Wildman–Crippen LogP) is 2.61. The molecule has 1 N–H and O–H groups in total. The van der Waals surface area contributed by atoms with Crippen molar-refractivity contribution in [3.8, 4) is 6.07 Å². The van der Waals surface area contributed by atoms with Gasteiger partial charge >= 0.3 is 0 Å². The zero-order valence-corrected chi connectivity index (χ0v) is 10.4. The Balaban J connectivity index is 2.46. The lowest BCUT2D eigenvalue weighted by Crippen LogP contribution is -2.29. The normalized spacial score (nSPS) is 11.8. The summed E-state index contributed by atoms with van der Waals surface area (Å²) in [6, 6.07) is 2.04. The standard InChI is InChI=1S/C12H16N2OS/c1-3-4-10(5-13)12(15)14-6-11-8-16-7-9(11)2/h7-8,10H,3-4,6H2,1-2H3,(H,14,15). The van der Waals surface area contributed by atoms with Gasteiger partial charge in [-0.25, -0.2) is 0 Å². The van der Waals surface area contributed by atoms with Crippen molar-refractivity contribution < 1.29 is 4.79 Å². The van der Waals surface area contributed by atoms with Gasteiger partial charge in [0.05, 0.1) is 6.07 Å². The third kappa shape index (κ3) is 3.35. The second kappa shape index (κ2) is 6.29. The smallest absolute Gasteiger partial charge is 0.237 e. The molecule has 4 heteroatoms. The van der Waals surface area contributed by atoms with E-state index in [1.165, 1.54) is 5.56 Å². The third-order valence-corrected chi connectivity index (χ3v) is 3.37. The fourth-order valence-electron chi connectivity index (χ4n) is 1.42. The molecule has 0 bridgehead atoms. The first-order valence-corrected chi connectivity index (χ1v) is 6.32. The van der Waals surface area contributed by atoms with Crippen LogP contribution in [0.2, 0.25) is 0 Å². The van der Waals surface area contributed by atoms with Gasteiger partial charge in [-0.3, -0.25) is 4.79 Å². The van der Waals surface area contributed by atoms with Gasteiger partial charge in [0.15, 0.2) is 0 Å². The molecular weight excluding hydrogens is 220 g/mol. The Morgan fingerprint density at radius 3 is 2.88 bits per heavy atom. The Labute approximate surface area is 100 Å². The summed E-state index contributed by atoms with van der Waals surface area (Å²) in [6.45, 7) is 4.52. The van der Waals surface area contributed by atoms with Crippen LogP contribution in [0.25, 0.3) is 0 Å². The van der Waals surface area contributed by atoms with Crippen molar-refractivity contribution >= 4 is 17.2 Å². The molecule has 0 saturated heterocycles. The maximum Gasteiger partial charge on any atom is 0.237 e. The predicted molar refractivity (Wildman–Crippen MR) is 64.9 cm³/mol. The number of thiophene rings is 1. The van der Waals surface area contributed by atoms with E-state index in [0.29, 0.717) is 13.0 Å². The first-order valence-electron chi connectivity index (χ1n) is 5.38. The van der Waals surface area contributed by atoms with Crippen LogP contribution in [-0.4, -0.2) is 5.91 Å². The van der Waals surface area contributed by atoms with Crippen LogP contribution in [0.15, 0.2) is 10.8 Å². The first kappa shape index (κ1) is 12.7. The summed E-state index contributed by atoms with van der Waals surface area (Å²) in [7, 11) is 0. The highest BCUT2D eigenvalue weighted by Gasteiger charge is 2.16. The number of nitriles is 1. The molecule has 1 amide bonds. The maximum atomic E-state index is 11.6. The molecule has 1 aromatic heterocycles. The SMILES string of the molecule is CCCC(C#N)C(=O)NCc1cscc1C. The van der Waals surface area contributed by atoms with Gasteiger partial charge < -0.3 is 5.32 Å². The molecule has 0 fully saturated rings. The molecule has 0 saturated carbocycles. The van der Waals surface area contributed by atoms with Crippen molar-refractivity contribution in [3.05, 3.63) is 21.9 Å². The minimum absolute atomic E-state index is 0.157. The Kier molecular flexibility index (Phi) is 5.00. The zero-order valence-electron chi connectivity index (χ0n) is 9.62. The monoisotopic (exact) mass is 236 g/mol. The summed E-state index contributed by atoms with van der Waals surface area (Å²) in [5.74, 6) is -0.668. The van der Waals surface area contributed by atoms with Gasteiger partial charge in [0.25, 0.3) is 0 Å². The van der Waals surface area contributed by atoms with Gasteiger partial charge in [-0.15, -0.1) is 0 Å². The summed E-state index contributed by atoms with van der Waals surface area (Å²) >= 11 is 1.63. The van der Waals surface area contributed by atoms with E-state index < -0.39 is 5.92 Å². The second-order valence-corrected chi connectivity index (χ2v) is 4.51. The molecule has 0 aromatic carbocycles. The number of carbonyl (C=O) groups excluding carboxylic acids is 1. The second-order valence-electron chi connectivity index (χ2n) is 3.77. The van der Waals surface area contributed by atoms with E-state index in [1.807, 2.05) is 25.3 Å². The molecular formula is C12H16N2OS. The topological polar surface area (TPSA) is 52.9 Å². The van der Waals surface area contributed by atoms with E-state index in [4.69, 9.17) is 5.26 Å². The van der Waals surface area contributed by atoms with E-state index in [1.54, 1.807) is 11.3 Å². The molecule has 86 valence electrons. The van der Waals surface area contributed by atoms with Crippen molar-refractivity contribution in [1.82, 2.24) is 5.32 Å². The molecule has 3 nitrogen and oxygen atoms in total. The number of rotatable bonds is 5. The van der Waals surface area contributed by atoms with Gasteiger partial charge in [-0.2, -0.15) is 16.6 Å². The average Bonchev–Trinajstić information content (AvgIpc) is 2.68. The van der Waals surface area contributed by atoms with Gasteiger partial charge in [0, 0.05) is 6.54 Å². The highest BCUT2D eigenvalue weighted by atomic mass is 32.1. The van der Waals surface area contributed by atoms with Crippen LogP contribution < -0.4 is 5.32 Å². The Hall–Kier alpha value is -1.34. The lowest BCUT2D eigenvalue weighted by Gasteiger charge is -2.08. The Bertz CT molecular complexity index is 392. The molecule has 0 aliphatic carbocycles. The third-order valence-electron chi connectivity index (χ3n) is 2.46. The summed E-state index contributed by atoms with van der Waals surface area (Å²) < 4.78 is 0. The van der Waals surface area contributed by atoms with Crippen molar-refractivity contribution in [2.75, 3.05) is 0 Å². The van der Waals surface area contributed by atoms with Gasteiger partial charge in [0.1, 0.15) is 5.92 Å². The average molecular weight is 236 g/mol. The molecule has 1 unspecified atom stereocenters. The number of amides is 1. The van der Waals surface area contributed by atoms with E-state index in [0.717, 1.165) is 12.0 Å². The number of carbonyl (C=O) groups is 1. The maximum absolute atomic E-state index is 11.6. The highest BCUT2D eigenvalue weighted by molar-refractivity contribution is 7.08. The molecule has 16 heavy (non-hydrogen) atoms. The minimum Gasteiger partial charge on any atom is -0.351 e. The van der Waals surface area contributed by atoms with Crippen LogP contribution in [0.5, 0.6) is 0 Å². The van der Waals surface area contributed by atoms with Crippen molar-refractivity contribution in [2.45, 2.75) is 33.2 Å². The summed E-state index contributed by atoms with van der Waals surface area (Å²) in [4.78, 5) is 11.6. The van der Waals surface area contributed by atoms with Crippen LogP contribution in [0, 0.1) is 24.2 Å². The van der Waals surface area contributed by atoms with Crippen molar-refractivity contribution in [1.29, 1.82) is 5.26 Å². The number of hydrogen-bond donors (Lipinski definition) is 1. The molecule has 0 aliphatic heterocycles. The lowest BCUT2D eigenvalue weighted by atomic mass is 10.0. The van der Waals surface area contributed by atoms with Crippen molar-refractivity contribution in [2.24, 2.45) is 5.92 Å². The molecule has 0 radical (unpaired) electrons. The molecule has 1 atom stereocenters. The molecule has 0 spiro atoms. The van der Waals surface area contributed by atoms with E-state index in [2.05, 4.69) is 10.7 Å². The van der Waals surface area contributed by atoms with E-state index >= 15 is 0 Å². The largest absolute Gasteiger partial charge is 0.351 e. The fourth-order valence-corrected chi connectivity index (χ4v) is 2.27. The highest BCUT2D eigenvalue weighted by Crippen LogP contribution is 2.13.